The standard InChI is InChI=1S/C12H19Cl3O10/c13-4-6(25-12(15,23)11(14,22)7(4)19)9(21)10(2-17)8(20)5(18)3(1-16)24-10/h3-9,16-23H,1-2H2/t3-,4+,5-,6+,7+,8+,9?,10?,11-,12-/m1/s1. The van der Waals surface area contributed by atoms with Crippen molar-refractivity contribution < 1.29 is 50.3 Å². The molecule has 148 valence electrons. The summed E-state index contributed by atoms with van der Waals surface area (Å²) >= 11 is 17.0. The van der Waals surface area contributed by atoms with Crippen molar-refractivity contribution in [1.82, 2.24) is 0 Å². The molecule has 0 bridgehead atoms. The molecule has 2 aliphatic heterocycles. The highest BCUT2D eigenvalue weighted by atomic mass is 35.5. The van der Waals surface area contributed by atoms with Gasteiger partial charge in [-0.05, 0) is 0 Å². The highest BCUT2D eigenvalue weighted by Gasteiger charge is 2.67. The maximum Gasteiger partial charge on any atom is 0.294 e. The topological polar surface area (TPSA) is 180 Å². The molecule has 0 aromatic rings. The summed E-state index contributed by atoms with van der Waals surface area (Å²) in [6, 6.07) is 0. The van der Waals surface area contributed by atoms with Gasteiger partial charge in [-0.1, -0.05) is 23.2 Å². The lowest BCUT2D eigenvalue weighted by Gasteiger charge is -2.50. The lowest BCUT2D eigenvalue weighted by Crippen LogP contribution is -2.72. The van der Waals surface area contributed by atoms with Crippen LogP contribution in [0.2, 0.25) is 0 Å². The minimum absolute atomic E-state index is 0.744. The van der Waals surface area contributed by atoms with Gasteiger partial charge in [0, 0.05) is 0 Å². The van der Waals surface area contributed by atoms with Crippen LogP contribution in [-0.2, 0) is 9.47 Å². The van der Waals surface area contributed by atoms with Crippen LogP contribution in [0.3, 0.4) is 0 Å². The highest BCUT2D eigenvalue weighted by molar-refractivity contribution is 6.33. The summed E-state index contributed by atoms with van der Waals surface area (Å²) in [5.74, 6) is 0. The predicted molar refractivity (Wildman–Crippen MR) is 81.9 cm³/mol. The van der Waals surface area contributed by atoms with Gasteiger partial charge in [-0.3, -0.25) is 0 Å². The molecule has 0 spiro atoms. The first-order valence-corrected chi connectivity index (χ1v) is 8.33. The van der Waals surface area contributed by atoms with Crippen molar-refractivity contribution in [2.24, 2.45) is 0 Å². The van der Waals surface area contributed by atoms with E-state index in [1.807, 2.05) is 0 Å². The molecule has 0 aliphatic carbocycles. The van der Waals surface area contributed by atoms with Gasteiger partial charge in [-0.25, -0.2) is 0 Å². The van der Waals surface area contributed by atoms with Crippen molar-refractivity contribution in [1.29, 1.82) is 0 Å². The second-order valence-corrected chi connectivity index (χ2v) is 7.63. The van der Waals surface area contributed by atoms with E-state index in [2.05, 4.69) is 0 Å². The Hall–Kier alpha value is 0.470. The first-order valence-electron chi connectivity index (χ1n) is 7.13. The monoisotopic (exact) mass is 428 g/mol. The number of aliphatic hydroxyl groups is 8. The number of ether oxygens (including phenoxy) is 2. The molecule has 2 unspecified atom stereocenters. The smallest absolute Gasteiger partial charge is 0.294 e. The summed E-state index contributed by atoms with van der Waals surface area (Å²) in [5, 5.41) is 71.4. The Balaban J connectivity index is 2.37. The van der Waals surface area contributed by atoms with Crippen molar-refractivity contribution in [3.63, 3.8) is 0 Å². The van der Waals surface area contributed by atoms with Crippen molar-refractivity contribution >= 4 is 34.8 Å². The van der Waals surface area contributed by atoms with Crippen molar-refractivity contribution in [3.05, 3.63) is 0 Å². The molecule has 0 aromatic heterocycles. The molecule has 10 atom stereocenters. The number of hydrogen-bond acceptors (Lipinski definition) is 10. The predicted octanol–water partition coefficient (Wildman–Crippen LogP) is -3.63. The molecular weight excluding hydrogens is 410 g/mol. The Morgan fingerprint density at radius 3 is 2.00 bits per heavy atom. The molecule has 2 rings (SSSR count). The summed E-state index contributed by atoms with van der Waals surface area (Å²) in [4.78, 5) is 0. The number of alkyl halides is 3. The van der Waals surface area contributed by atoms with Crippen molar-refractivity contribution in [2.75, 3.05) is 13.2 Å². The van der Waals surface area contributed by atoms with Crippen LogP contribution in [0.15, 0.2) is 0 Å². The normalized spacial score (nSPS) is 55.3. The molecule has 0 aromatic carbocycles. The largest absolute Gasteiger partial charge is 0.394 e. The molecular formula is C12H19Cl3O10. The molecule has 2 heterocycles. The van der Waals surface area contributed by atoms with Gasteiger partial charge in [0.05, 0.1) is 18.6 Å². The first-order chi connectivity index (χ1) is 11.4. The molecule has 10 nitrogen and oxygen atoms in total. The first kappa shape index (κ1) is 21.8. The molecule has 8 N–H and O–H groups in total. The van der Waals surface area contributed by atoms with E-state index in [4.69, 9.17) is 49.4 Å². The van der Waals surface area contributed by atoms with Crippen LogP contribution in [0.25, 0.3) is 0 Å². The van der Waals surface area contributed by atoms with E-state index >= 15 is 0 Å². The van der Waals surface area contributed by atoms with Crippen molar-refractivity contribution in [2.45, 2.75) is 57.9 Å². The molecule has 0 saturated carbocycles. The van der Waals surface area contributed by atoms with Gasteiger partial charge >= 0.3 is 0 Å². The van der Waals surface area contributed by atoms with Gasteiger partial charge in [-0.2, -0.15) is 0 Å². The van der Waals surface area contributed by atoms with Gasteiger partial charge in [0.15, 0.2) is 0 Å². The summed E-state index contributed by atoms with van der Waals surface area (Å²) in [7, 11) is 0. The summed E-state index contributed by atoms with van der Waals surface area (Å²) in [6.07, 6.45) is -10.9. The Morgan fingerprint density at radius 2 is 1.56 bits per heavy atom. The van der Waals surface area contributed by atoms with Crippen LogP contribution in [0, 0.1) is 0 Å². The second-order valence-electron chi connectivity index (χ2n) is 6.04. The van der Waals surface area contributed by atoms with Gasteiger partial charge in [-0.15, -0.1) is 11.6 Å². The third kappa shape index (κ3) is 3.17. The lowest BCUT2D eigenvalue weighted by atomic mass is 9.83. The minimum Gasteiger partial charge on any atom is -0.394 e. The SMILES string of the molecule is OC[C@H]1OC(CO)(C(O)[C@H]2O[C@@](O)(Cl)[C@@](O)(Cl)[C@@H](O)[C@H]2Cl)[C@@H](O)[C@@H]1O. The van der Waals surface area contributed by atoms with E-state index in [9.17, 15) is 35.7 Å². The average molecular weight is 430 g/mol. The molecule has 2 fully saturated rings. The van der Waals surface area contributed by atoms with E-state index < -0.39 is 71.1 Å². The highest BCUT2D eigenvalue weighted by Crippen LogP contribution is 2.47. The van der Waals surface area contributed by atoms with Crippen LogP contribution in [-0.4, -0.2) is 112 Å². The number of rotatable bonds is 4. The summed E-state index contributed by atoms with van der Waals surface area (Å²) < 4.78 is 10.1. The molecule has 25 heavy (non-hydrogen) atoms. The fourth-order valence-corrected chi connectivity index (χ4v) is 3.78. The van der Waals surface area contributed by atoms with Crippen LogP contribution < -0.4 is 0 Å². The van der Waals surface area contributed by atoms with Gasteiger partial charge in [0.25, 0.3) is 5.25 Å². The Kier molecular flexibility index (Phi) is 6.21. The molecule has 13 heteroatoms. The summed E-state index contributed by atoms with van der Waals surface area (Å²) in [5.41, 5.74) is -2.29. The third-order valence-corrected chi connectivity index (χ3v) is 5.99. The van der Waals surface area contributed by atoms with Crippen LogP contribution in [0.1, 0.15) is 0 Å². The van der Waals surface area contributed by atoms with Crippen LogP contribution in [0.4, 0.5) is 0 Å². The number of aliphatic hydroxyl groups excluding tert-OH is 6. The van der Waals surface area contributed by atoms with Crippen molar-refractivity contribution in [3.8, 4) is 0 Å². The Bertz CT molecular complexity index is 494. The number of halogens is 3. The zero-order valence-corrected chi connectivity index (χ0v) is 14.8. The van der Waals surface area contributed by atoms with Gasteiger partial charge in [0.2, 0.25) is 5.06 Å². The fraction of sp³-hybridized carbons (Fsp3) is 1.00. The summed E-state index contributed by atoms with van der Waals surface area (Å²) in [6.45, 7) is -1.81. The van der Waals surface area contributed by atoms with Gasteiger partial charge < -0.3 is 50.3 Å². The zero-order valence-electron chi connectivity index (χ0n) is 12.5. The quantitative estimate of drug-likeness (QED) is 0.208. The fourth-order valence-electron chi connectivity index (χ4n) is 2.95. The maximum absolute atomic E-state index is 10.6. The Morgan fingerprint density at radius 1 is 1.00 bits per heavy atom. The van der Waals surface area contributed by atoms with E-state index in [1.165, 1.54) is 0 Å². The van der Waals surface area contributed by atoms with Crippen LogP contribution in [0.5, 0.6) is 0 Å². The van der Waals surface area contributed by atoms with Gasteiger partial charge in [0.1, 0.15) is 42.2 Å². The second kappa shape index (κ2) is 7.13. The Labute approximate surface area is 156 Å². The maximum atomic E-state index is 10.6. The van der Waals surface area contributed by atoms with E-state index in [1.54, 1.807) is 0 Å². The minimum atomic E-state index is -3.10. The van der Waals surface area contributed by atoms with E-state index in [0.717, 1.165) is 0 Å². The number of hydrogen-bond donors (Lipinski definition) is 8. The van der Waals surface area contributed by atoms with E-state index in [-0.39, 0.29) is 0 Å². The van der Waals surface area contributed by atoms with E-state index in [0.29, 0.717) is 0 Å². The average Bonchev–Trinajstić information content (AvgIpc) is 2.81. The zero-order chi connectivity index (χ0) is 19.4. The molecule has 0 radical (unpaired) electrons. The van der Waals surface area contributed by atoms with Crippen LogP contribution >= 0.6 is 34.8 Å². The molecule has 0 amide bonds. The third-order valence-electron chi connectivity index (χ3n) is 4.55. The lowest BCUT2D eigenvalue weighted by molar-refractivity contribution is -0.319. The molecule has 2 saturated heterocycles. The molecule has 2 aliphatic rings.